The quantitative estimate of drug-likeness (QED) is 0.668. The molecule has 2 N–H and O–H groups in total. The van der Waals surface area contributed by atoms with E-state index in [4.69, 9.17) is 9.26 Å². The summed E-state index contributed by atoms with van der Waals surface area (Å²) in [5.74, 6) is 0.248. The Morgan fingerprint density at radius 1 is 1.24 bits per heavy atom. The van der Waals surface area contributed by atoms with E-state index < -0.39 is 5.91 Å². The van der Waals surface area contributed by atoms with Gasteiger partial charge in [-0.3, -0.25) is 9.59 Å². The number of aromatic nitrogens is 2. The van der Waals surface area contributed by atoms with Gasteiger partial charge in [-0.25, -0.2) is 0 Å². The maximum atomic E-state index is 12.3. The van der Waals surface area contributed by atoms with E-state index in [-0.39, 0.29) is 30.3 Å². The molecule has 1 aliphatic heterocycles. The molecule has 0 saturated carbocycles. The molecule has 2 heterocycles. The van der Waals surface area contributed by atoms with Crippen molar-refractivity contribution in [1.82, 2.24) is 15.5 Å². The number of amides is 2. The van der Waals surface area contributed by atoms with Crippen molar-refractivity contribution in [2.45, 2.75) is 32.4 Å². The highest BCUT2D eigenvalue weighted by Crippen LogP contribution is 2.27. The van der Waals surface area contributed by atoms with Gasteiger partial charge in [0.15, 0.2) is 6.61 Å². The summed E-state index contributed by atoms with van der Waals surface area (Å²) in [7, 11) is 0. The zero-order valence-corrected chi connectivity index (χ0v) is 15.8. The average Bonchev–Trinajstić information content (AvgIpc) is 3.22. The largest absolute Gasteiger partial charge is 0.485 e. The minimum absolute atomic E-state index is 0.00629. The normalized spacial score (nSPS) is 13.9. The summed E-state index contributed by atoms with van der Waals surface area (Å²) in [6.07, 6.45) is 1.20. The van der Waals surface area contributed by atoms with Crippen LogP contribution in [-0.4, -0.2) is 22.0 Å². The molecule has 0 spiro atoms. The molecule has 2 aromatic carbocycles. The standard InChI is InChI=1S/C21H20N4O4/c1-13(14-5-3-2-4-6-14)22-20(27)21-24-18(25-29-21)12-28-16-9-7-15-8-10-19(26)23-17(15)11-16/h2-7,9,11,13H,8,10,12H2,1H3,(H,22,27)(H,23,26). The first-order valence-electron chi connectivity index (χ1n) is 9.32. The van der Waals surface area contributed by atoms with Crippen LogP contribution in [0, 0.1) is 0 Å². The summed E-state index contributed by atoms with van der Waals surface area (Å²) in [5.41, 5.74) is 2.80. The van der Waals surface area contributed by atoms with Crippen LogP contribution in [0.1, 0.15) is 47.0 Å². The number of benzene rings is 2. The first kappa shape index (κ1) is 18.7. The second-order valence-corrected chi connectivity index (χ2v) is 6.78. The van der Waals surface area contributed by atoms with Gasteiger partial charge in [0.1, 0.15) is 5.75 Å². The highest BCUT2D eigenvalue weighted by Gasteiger charge is 2.19. The van der Waals surface area contributed by atoms with Crippen LogP contribution in [0.15, 0.2) is 53.1 Å². The van der Waals surface area contributed by atoms with Gasteiger partial charge in [-0.2, -0.15) is 4.98 Å². The Morgan fingerprint density at radius 2 is 2.07 bits per heavy atom. The topological polar surface area (TPSA) is 106 Å². The molecule has 148 valence electrons. The number of hydrogen-bond donors (Lipinski definition) is 2. The van der Waals surface area contributed by atoms with E-state index >= 15 is 0 Å². The van der Waals surface area contributed by atoms with Crippen LogP contribution in [-0.2, 0) is 17.8 Å². The lowest BCUT2D eigenvalue weighted by Gasteiger charge is -2.17. The molecule has 1 aliphatic rings. The van der Waals surface area contributed by atoms with E-state index in [1.807, 2.05) is 49.4 Å². The van der Waals surface area contributed by atoms with Gasteiger partial charge in [0, 0.05) is 18.2 Å². The minimum atomic E-state index is -0.448. The molecule has 1 aromatic heterocycles. The van der Waals surface area contributed by atoms with Crippen molar-refractivity contribution in [3.05, 3.63) is 71.4 Å². The maximum absolute atomic E-state index is 12.3. The van der Waals surface area contributed by atoms with Crippen molar-refractivity contribution < 1.29 is 18.8 Å². The Labute approximate surface area is 167 Å². The highest BCUT2D eigenvalue weighted by atomic mass is 16.5. The van der Waals surface area contributed by atoms with Gasteiger partial charge in [0.05, 0.1) is 6.04 Å². The summed E-state index contributed by atoms with van der Waals surface area (Å²) in [6.45, 7) is 1.92. The van der Waals surface area contributed by atoms with Gasteiger partial charge < -0.3 is 19.9 Å². The van der Waals surface area contributed by atoms with Gasteiger partial charge >= 0.3 is 11.8 Å². The lowest BCUT2D eigenvalue weighted by molar-refractivity contribution is -0.116. The molecule has 3 aromatic rings. The molecule has 2 amide bonds. The van der Waals surface area contributed by atoms with E-state index in [2.05, 4.69) is 20.8 Å². The van der Waals surface area contributed by atoms with Gasteiger partial charge in [0.25, 0.3) is 0 Å². The second kappa shape index (κ2) is 8.14. The maximum Gasteiger partial charge on any atom is 0.316 e. The van der Waals surface area contributed by atoms with Gasteiger partial charge in [-0.05, 0) is 30.5 Å². The molecule has 0 aliphatic carbocycles. The molecular formula is C21H20N4O4. The fraction of sp³-hybridized carbons (Fsp3) is 0.238. The third-order valence-electron chi connectivity index (χ3n) is 4.65. The molecule has 0 saturated heterocycles. The predicted octanol–water partition coefficient (Wildman–Crippen LogP) is 3.02. The van der Waals surface area contributed by atoms with Gasteiger partial charge in [0.2, 0.25) is 11.7 Å². The number of hydrogen-bond acceptors (Lipinski definition) is 6. The van der Waals surface area contributed by atoms with Crippen molar-refractivity contribution >= 4 is 17.5 Å². The molecule has 29 heavy (non-hydrogen) atoms. The highest BCUT2D eigenvalue weighted by molar-refractivity contribution is 5.94. The van der Waals surface area contributed by atoms with Crippen LogP contribution in [0.3, 0.4) is 0 Å². The molecular weight excluding hydrogens is 372 g/mol. The van der Waals surface area contributed by atoms with Crippen LogP contribution in [0.4, 0.5) is 5.69 Å². The zero-order valence-electron chi connectivity index (χ0n) is 15.8. The van der Waals surface area contributed by atoms with Crippen molar-refractivity contribution in [3.63, 3.8) is 0 Å². The van der Waals surface area contributed by atoms with Crippen molar-refractivity contribution in [2.24, 2.45) is 0 Å². The molecule has 1 unspecified atom stereocenters. The molecule has 0 fully saturated rings. The monoisotopic (exact) mass is 392 g/mol. The molecule has 8 heteroatoms. The molecule has 8 nitrogen and oxygen atoms in total. The summed E-state index contributed by atoms with van der Waals surface area (Å²) in [4.78, 5) is 27.9. The number of carbonyl (C=O) groups excluding carboxylic acids is 2. The minimum Gasteiger partial charge on any atom is -0.485 e. The van der Waals surface area contributed by atoms with Crippen LogP contribution >= 0.6 is 0 Å². The molecule has 1 atom stereocenters. The third-order valence-corrected chi connectivity index (χ3v) is 4.65. The summed E-state index contributed by atoms with van der Waals surface area (Å²) in [5, 5.41) is 9.44. The molecule has 0 bridgehead atoms. The Balaban J connectivity index is 1.35. The Kier molecular flexibility index (Phi) is 5.24. The number of anilines is 1. The van der Waals surface area contributed by atoms with E-state index in [0.717, 1.165) is 16.8 Å². The van der Waals surface area contributed by atoms with E-state index in [9.17, 15) is 9.59 Å². The lowest BCUT2D eigenvalue weighted by atomic mass is 10.0. The summed E-state index contributed by atoms with van der Waals surface area (Å²) < 4.78 is 10.7. The fourth-order valence-corrected chi connectivity index (χ4v) is 3.08. The molecule has 4 rings (SSSR count). The smallest absolute Gasteiger partial charge is 0.316 e. The van der Waals surface area contributed by atoms with E-state index in [0.29, 0.717) is 18.6 Å². The first-order valence-corrected chi connectivity index (χ1v) is 9.32. The Hall–Kier alpha value is -3.68. The number of nitrogens with one attached hydrogen (secondary N) is 2. The van der Waals surface area contributed by atoms with Crippen molar-refractivity contribution in [1.29, 1.82) is 0 Å². The van der Waals surface area contributed by atoms with Crippen LogP contribution in [0.5, 0.6) is 5.75 Å². The summed E-state index contributed by atoms with van der Waals surface area (Å²) >= 11 is 0. The Bertz CT molecular complexity index is 1030. The number of carbonyl (C=O) groups is 2. The average molecular weight is 392 g/mol. The first-order chi connectivity index (χ1) is 14.1. The van der Waals surface area contributed by atoms with Crippen LogP contribution < -0.4 is 15.4 Å². The molecule has 0 radical (unpaired) electrons. The number of ether oxygens (including phenoxy) is 1. The number of aryl methyl sites for hydroxylation is 1. The number of nitrogens with zero attached hydrogens (tertiary/aromatic N) is 2. The van der Waals surface area contributed by atoms with Gasteiger partial charge in [-0.1, -0.05) is 41.6 Å². The fourth-order valence-electron chi connectivity index (χ4n) is 3.08. The van der Waals surface area contributed by atoms with E-state index in [1.54, 1.807) is 6.07 Å². The number of fused-ring (bicyclic) bond motifs is 1. The van der Waals surface area contributed by atoms with Crippen molar-refractivity contribution in [2.75, 3.05) is 5.32 Å². The second-order valence-electron chi connectivity index (χ2n) is 6.78. The predicted molar refractivity (Wildman–Crippen MR) is 104 cm³/mol. The van der Waals surface area contributed by atoms with E-state index in [1.165, 1.54) is 0 Å². The van der Waals surface area contributed by atoms with Crippen molar-refractivity contribution in [3.8, 4) is 5.75 Å². The third kappa shape index (κ3) is 4.43. The van der Waals surface area contributed by atoms with Gasteiger partial charge in [-0.15, -0.1) is 0 Å². The number of rotatable bonds is 6. The zero-order chi connectivity index (χ0) is 20.2. The lowest BCUT2D eigenvalue weighted by Crippen LogP contribution is -2.26. The SMILES string of the molecule is CC(NC(=O)c1nc(COc2ccc3c(c2)NC(=O)CC3)no1)c1ccccc1. The summed E-state index contributed by atoms with van der Waals surface area (Å²) in [6, 6.07) is 14.9. The Morgan fingerprint density at radius 3 is 2.90 bits per heavy atom. The van der Waals surface area contributed by atoms with Crippen LogP contribution in [0.2, 0.25) is 0 Å². The van der Waals surface area contributed by atoms with Crippen LogP contribution in [0.25, 0.3) is 0 Å².